The quantitative estimate of drug-likeness (QED) is 0.546. The molecule has 0 aliphatic rings. The second-order valence-electron chi connectivity index (χ2n) is 4.56. The number of thioether (sulfide) groups is 1. The largest absolute Gasteiger partial charge is 0.365 e. The normalized spacial score (nSPS) is 10.5. The lowest BCUT2D eigenvalue weighted by Gasteiger charge is -2.10. The molecule has 0 aliphatic heterocycles. The Morgan fingerprint density at radius 2 is 2.04 bits per heavy atom. The lowest BCUT2D eigenvalue weighted by molar-refractivity contribution is 0.100. The van der Waals surface area contributed by atoms with Crippen LogP contribution in [0.3, 0.4) is 0 Å². The van der Waals surface area contributed by atoms with Crippen LogP contribution in [0.5, 0.6) is 0 Å². The van der Waals surface area contributed by atoms with Crippen LogP contribution in [0.4, 0.5) is 11.5 Å². The van der Waals surface area contributed by atoms with Crippen molar-refractivity contribution in [2.24, 2.45) is 5.73 Å². The zero-order chi connectivity index (χ0) is 16.2. The van der Waals surface area contributed by atoms with Gasteiger partial charge in [0, 0.05) is 22.8 Å². The lowest BCUT2D eigenvalue weighted by Crippen LogP contribution is -2.15. The third kappa shape index (κ3) is 3.49. The average Bonchev–Trinajstić information content (AvgIpc) is 3.09. The van der Waals surface area contributed by atoms with Crippen LogP contribution in [0.2, 0.25) is 0 Å². The molecule has 2 aromatic heterocycles. The standard InChI is InChI=1S/C15H13N5OS2/c1-22-15-17-6-11(13(16)21)14(20-15)19-10-4-2-9(3-5-10)12-7-23-8-18-12/h2-8H,1H3,(H2,16,21)(H,17,19,20). The van der Waals surface area contributed by atoms with Crippen LogP contribution in [0.1, 0.15) is 10.4 Å². The van der Waals surface area contributed by atoms with Crippen molar-refractivity contribution >= 4 is 40.5 Å². The predicted octanol–water partition coefficient (Wildman–Crippen LogP) is 3.16. The number of primary amides is 1. The van der Waals surface area contributed by atoms with Crippen molar-refractivity contribution in [2.45, 2.75) is 5.16 Å². The van der Waals surface area contributed by atoms with E-state index in [4.69, 9.17) is 5.73 Å². The van der Waals surface area contributed by atoms with Crippen molar-refractivity contribution in [1.29, 1.82) is 0 Å². The molecule has 0 radical (unpaired) electrons. The van der Waals surface area contributed by atoms with Crippen molar-refractivity contribution in [2.75, 3.05) is 11.6 Å². The van der Waals surface area contributed by atoms with Gasteiger partial charge in [-0.25, -0.2) is 15.0 Å². The molecule has 23 heavy (non-hydrogen) atoms. The van der Waals surface area contributed by atoms with Crippen molar-refractivity contribution < 1.29 is 4.79 Å². The minimum absolute atomic E-state index is 0.256. The molecule has 0 unspecified atom stereocenters. The minimum Gasteiger partial charge on any atom is -0.365 e. The van der Waals surface area contributed by atoms with Gasteiger partial charge >= 0.3 is 0 Å². The average molecular weight is 343 g/mol. The summed E-state index contributed by atoms with van der Waals surface area (Å²) in [6.45, 7) is 0. The van der Waals surface area contributed by atoms with E-state index in [1.807, 2.05) is 35.9 Å². The SMILES string of the molecule is CSc1ncc(C(N)=O)c(Nc2ccc(-c3cscn3)cc2)n1. The van der Waals surface area contributed by atoms with Gasteiger partial charge in [-0.1, -0.05) is 23.9 Å². The fraction of sp³-hybridized carbons (Fsp3) is 0.0667. The maximum Gasteiger partial charge on any atom is 0.254 e. The van der Waals surface area contributed by atoms with Gasteiger partial charge in [-0.3, -0.25) is 4.79 Å². The van der Waals surface area contributed by atoms with Gasteiger partial charge in [-0.15, -0.1) is 11.3 Å². The zero-order valence-corrected chi connectivity index (χ0v) is 13.8. The van der Waals surface area contributed by atoms with Crippen molar-refractivity contribution in [3.63, 3.8) is 0 Å². The van der Waals surface area contributed by atoms with Crippen LogP contribution in [-0.2, 0) is 0 Å². The molecule has 1 aromatic carbocycles. The van der Waals surface area contributed by atoms with Crippen LogP contribution in [0, 0.1) is 0 Å². The number of amides is 1. The van der Waals surface area contributed by atoms with Crippen LogP contribution in [0.15, 0.2) is 46.5 Å². The molecule has 6 nitrogen and oxygen atoms in total. The van der Waals surface area contributed by atoms with E-state index in [2.05, 4.69) is 20.3 Å². The smallest absolute Gasteiger partial charge is 0.254 e. The van der Waals surface area contributed by atoms with Crippen LogP contribution < -0.4 is 11.1 Å². The Hall–Kier alpha value is -2.45. The van der Waals surface area contributed by atoms with E-state index in [1.54, 1.807) is 16.8 Å². The lowest BCUT2D eigenvalue weighted by atomic mass is 10.1. The van der Waals surface area contributed by atoms with Gasteiger partial charge in [0.25, 0.3) is 5.91 Å². The Morgan fingerprint density at radius 3 is 2.65 bits per heavy atom. The number of carbonyl (C=O) groups is 1. The molecule has 3 N–H and O–H groups in total. The predicted molar refractivity (Wildman–Crippen MR) is 93.2 cm³/mol. The molecule has 0 aliphatic carbocycles. The number of nitrogens with one attached hydrogen (secondary N) is 1. The molecular formula is C15H13N5OS2. The van der Waals surface area contributed by atoms with E-state index >= 15 is 0 Å². The highest BCUT2D eigenvalue weighted by atomic mass is 32.2. The first-order valence-corrected chi connectivity index (χ1v) is 8.80. The highest BCUT2D eigenvalue weighted by molar-refractivity contribution is 7.98. The summed E-state index contributed by atoms with van der Waals surface area (Å²) in [7, 11) is 0. The summed E-state index contributed by atoms with van der Waals surface area (Å²) < 4.78 is 0. The summed E-state index contributed by atoms with van der Waals surface area (Å²) >= 11 is 2.95. The number of benzene rings is 1. The topological polar surface area (TPSA) is 93.8 Å². The molecule has 1 amide bonds. The highest BCUT2D eigenvalue weighted by Crippen LogP contribution is 2.24. The molecule has 0 saturated heterocycles. The van der Waals surface area contributed by atoms with Gasteiger partial charge in [0.1, 0.15) is 11.4 Å². The fourth-order valence-corrected chi connectivity index (χ4v) is 2.86. The van der Waals surface area contributed by atoms with Gasteiger partial charge in [-0.05, 0) is 18.4 Å². The van der Waals surface area contributed by atoms with E-state index in [9.17, 15) is 4.79 Å². The highest BCUT2D eigenvalue weighted by Gasteiger charge is 2.12. The summed E-state index contributed by atoms with van der Waals surface area (Å²) in [4.78, 5) is 24.2. The Kier molecular flexibility index (Phi) is 4.54. The molecule has 0 spiro atoms. The van der Waals surface area contributed by atoms with Crippen molar-refractivity contribution in [3.05, 3.63) is 46.9 Å². The first kappa shape index (κ1) is 15.4. The number of hydrogen-bond acceptors (Lipinski definition) is 7. The van der Waals surface area contributed by atoms with Crippen LogP contribution in [-0.4, -0.2) is 27.1 Å². The van der Waals surface area contributed by atoms with E-state index in [1.165, 1.54) is 18.0 Å². The number of carbonyl (C=O) groups excluding carboxylic acids is 1. The molecular weight excluding hydrogens is 330 g/mol. The third-order valence-corrected chi connectivity index (χ3v) is 4.24. The fourth-order valence-electron chi connectivity index (χ4n) is 1.96. The minimum atomic E-state index is -0.570. The zero-order valence-electron chi connectivity index (χ0n) is 12.2. The summed E-state index contributed by atoms with van der Waals surface area (Å²) in [5.41, 5.74) is 10.2. The van der Waals surface area contributed by atoms with Gasteiger partial charge < -0.3 is 11.1 Å². The number of nitrogens with two attached hydrogens (primary N) is 1. The van der Waals surface area contributed by atoms with Crippen molar-refractivity contribution in [3.8, 4) is 11.3 Å². The molecule has 0 bridgehead atoms. The number of anilines is 2. The first-order chi connectivity index (χ1) is 11.2. The molecule has 0 atom stereocenters. The molecule has 3 aromatic rings. The molecule has 116 valence electrons. The van der Waals surface area contributed by atoms with Crippen LogP contribution in [0.25, 0.3) is 11.3 Å². The maximum atomic E-state index is 11.5. The first-order valence-electron chi connectivity index (χ1n) is 6.64. The van der Waals surface area contributed by atoms with Gasteiger partial charge in [0.05, 0.1) is 11.2 Å². The number of nitrogens with zero attached hydrogens (tertiary/aromatic N) is 3. The summed E-state index contributed by atoms with van der Waals surface area (Å²) in [5.74, 6) is -0.169. The monoisotopic (exact) mass is 343 g/mol. The third-order valence-electron chi connectivity index (χ3n) is 3.09. The van der Waals surface area contributed by atoms with E-state index < -0.39 is 5.91 Å². The maximum absolute atomic E-state index is 11.5. The molecule has 2 heterocycles. The second kappa shape index (κ2) is 6.76. The van der Waals surface area contributed by atoms with Crippen molar-refractivity contribution in [1.82, 2.24) is 15.0 Å². The van der Waals surface area contributed by atoms with Crippen LogP contribution >= 0.6 is 23.1 Å². The molecule has 8 heteroatoms. The summed E-state index contributed by atoms with van der Waals surface area (Å²) in [5, 5.41) is 5.67. The molecule has 0 saturated carbocycles. The summed E-state index contributed by atoms with van der Waals surface area (Å²) in [6.07, 6.45) is 3.30. The Morgan fingerprint density at radius 1 is 1.26 bits per heavy atom. The number of rotatable bonds is 5. The number of hydrogen-bond donors (Lipinski definition) is 2. The van der Waals surface area contributed by atoms with E-state index in [0.717, 1.165) is 16.9 Å². The Bertz CT molecular complexity index is 818. The number of thiazole rings is 1. The van der Waals surface area contributed by atoms with E-state index in [0.29, 0.717) is 11.0 Å². The second-order valence-corrected chi connectivity index (χ2v) is 6.05. The summed E-state index contributed by atoms with van der Waals surface area (Å²) in [6, 6.07) is 7.72. The van der Waals surface area contributed by atoms with E-state index in [-0.39, 0.29) is 5.56 Å². The number of aromatic nitrogens is 3. The Labute approximate surface area is 141 Å². The molecule has 0 fully saturated rings. The molecule has 3 rings (SSSR count). The van der Waals surface area contributed by atoms with Gasteiger partial charge in [0.2, 0.25) is 0 Å². The Balaban J connectivity index is 1.88. The van der Waals surface area contributed by atoms with Gasteiger partial charge in [0.15, 0.2) is 5.16 Å². The van der Waals surface area contributed by atoms with Gasteiger partial charge in [-0.2, -0.15) is 0 Å².